The SMILES string of the molecule is C=CN1CCCC1=O.NCC(=O)[O-].[OH][Al+][OH]. The van der Waals surface area contributed by atoms with Gasteiger partial charge in [-0.3, -0.25) is 4.79 Å². The van der Waals surface area contributed by atoms with Crippen molar-refractivity contribution in [2.45, 2.75) is 12.8 Å². The zero-order valence-corrected chi connectivity index (χ0v) is 9.99. The Balaban J connectivity index is 0. The number of carbonyl (C=O) groups excluding carboxylic acids is 2. The van der Waals surface area contributed by atoms with Crippen molar-refractivity contribution in [2.24, 2.45) is 5.73 Å². The van der Waals surface area contributed by atoms with Gasteiger partial charge in [0.15, 0.2) is 0 Å². The molecule has 1 aliphatic heterocycles. The predicted octanol–water partition coefficient (Wildman–Crippen LogP) is -3.05. The molecule has 7 nitrogen and oxygen atoms in total. The minimum atomic E-state index is -1.25. The maximum atomic E-state index is 10.7. The van der Waals surface area contributed by atoms with Crippen molar-refractivity contribution in [3.05, 3.63) is 12.8 Å². The van der Waals surface area contributed by atoms with Gasteiger partial charge in [-0.1, -0.05) is 6.58 Å². The van der Waals surface area contributed by atoms with Gasteiger partial charge in [0.05, 0.1) is 5.97 Å². The Morgan fingerprint density at radius 3 is 2.25 bits per heavy atom. The number of hydrogen-bond donors (Lipinski definition) is 3. The topological polar surface area (TPSA) is 127 Å². The number of rotatable bonds is 2. The summed E-state index contributed by atoms with van der Waals surface area (Å²) in [6.45, 7) is 3.97. The van der Waals surface area contributed by atoms with Gasteiger partial charge in [-0.2, -0.15) is 0 Å². The molecule has 8 heteroatoms. The molecule has 0 aliphatic carbocycles. The summed E-state index contributed by atoms with van der Waals surface area (Å²) in [4.78, 5) is 21.4. The molecule has 0 saturated carbocycles. The average molecular weight is 246 g/mol. The fraction of sp³-hybridized carbons (Fsp3) is 0.500. The van der Waals surface area contributed by atoms with Crippen LogP contribution in [0, 0.1) is 0 Å². The van der Waals surface area contributed by atoms with E-state index in [4.69, 9.17) is 18.2 Å². The van der Waals surface area contributed by atoms with Gasteiger partial charge in [0.25, 0.3) is 0 Å². The monoisotopic (exact) mass is 246 g/mol. The molecule has 0 unspecified atom stereocenters. The maximum absolute atomic E-state index is 10.7. The molecular formula is C8H15AlN2O5. The summed E-state index contributed by atoms with van der Waals surface area (Å²) in [6, 6.07) is 0. The van der Waals surface area contributed by atoms with Gasteiger partial charge in [0, 0.05) is 19.5 Å². The number of amides is 1. The molecule has 1 rings (SSSR count). The van der Waals surface area contributed by atoms with Gasteiger partial charge in [0.1, 0.15) is 0 Å². The van der Waals surface area contributed by atoms with Crippen LogP contribution in [0.3, 0.4) is 0 Å². The van der Waals surface area contributed by atoms with E-state index in [-0.39, 0.29) is 12.5 Å². The van der Waals surface area contributed by atoms with E-state index in [0.29, 0.717) is 6.42 Å². The first-order valence-electron chi connectivity index (χ1n) is 4.45. The Morgan fingerprint density at radius 2 is 2.12 bits per heavy atom. The summed E-state index contributed by atoms with van der Waals surface area (Å²) in [6.07, 6.45) is 3.28. The molecule has 16 heavy (non-hydrogen) atoms. The van der Waals surface area contributed by atoms with Crippen molar-refractivity contribution >= 4 is 27.8 Å². The zero-order chi connectivity index (χ0) is 13.0. The van der Waals surface area contributed by atoms with Crippen LogP contribution in [0.5, 0.6) is 0 Å². The summed E-state index contributed by atoms with van der Waals surface area (Å²) in [5.74, 6) is -1.01. The molecule has 0 aromatic rings. The molecule has 0 bridgehead atoms. The number of hydrogen-bond acceptors (Lipinski definition) is 6. The molecule has 0 aromatic heterocycles. The van der Waals surface area contributed by atoms with Crippen LogP contribution in [0.2, 0.25) is 0 Å². The van der Waals surface area contributed by atoms with Gasteiger partial charge in [-0.25, -0.2) is 0 Å². The van der Waals surface area contributed by atoms with E-state index in [9.17, 15) is 4.79 Å². The van der Waals surface area contributed by atoms with E-state index in [1.165, 1.54) is 0 Å². The first-order chi connectivity index (χ1) is 7.53. The van der Waals surface area contributed by atoms with Crippen LogP contribution in [0.25, 0.3) is 0 Å². The Bertz CT molecular complexity index is 224. The standard InChI is InChI=1S/C6H9NO.C2H5NO2.Al.2H2O/c1-2-7-5-3-4-6(7)8;3-1-2(4)5;;;/h2H,1,3-5H2;1,3H2,(H,4,5);;2*1H2/q;;+3;;/p-3. The molecule has 1 fully saturated rings. The molecule has 0 spiro atoms. The van der Waals surface area contributed by atoms with Crippen LogP contribution >= 0.6 is 0 Å². The first kappa shape index (κ1) is 17.5. The predicted molar refractivity (Wildman–Crippen MR) is 55.4 cm³/mol. The third-order valence-corrected chi connectivity index (χ3v) is 1.50. The molecule has 0 atom stereocenters. The second kappa shape index (κ2) is 12.2. The van der Waals surface area contributed by atoms with E-state index >= 15 is 0 Å². The van der Waals surface area contributed by atoms with E-state index < -0.39 is 21.9 Å². The normalized spacial score (nSPS) is 12.7. The number of likely N-dealkylation sites (tertiary alicyclic amines) is 1. The Morgan fingerprint density at radius 1 is 1.69 bits per heavy atom. The Kier molecular flexibility index (Phi) is 13.3. The van der Waals surface area contributed by atoms with Gasteiger partial charge >= 0.3 is 24.2 Å². The molecule has 1 heterocycles. The van der Waals surface area contributed by atoms with Crippen LogP contribution in [0.1, 0.15) is 12.8 Å². The fourth-order valence-corrected chi connectivity index (χ4v) is 0.862. The first-order valence-corrected chi connectivity index (χ1v) is 5.48. The summed E-state index contributed by atoms with van der Waals surface area (Å²) >= 11 is -1.25. The van der Waals surface area contributed by atoms with E-state index in [0.717, 1.165) is 13.0 Å². The molecule has 0 aromatic carbocycles. The fourth-order valence-electron chi connectivity index (χ4n) is 0.862. The minimum absolute atomic E-state index is 0.208. The summed E-state index contributed by atoms with van der Waals surface area (Å²) in [5, 5.41) is 9.13. The second-order valence-corrected chi connectivity index (χ2v) is 2.80. The van der Waals surface area contributed by atoms with Gasteiger partial charge < -0.3 is 20.5 Å². The number of aliphatic carboxylic acids is 1. The average Bonchev–Trinajstić information content (AvgIpc) is 2.66. The number of carboxylic acids is 1. The number of nitrogens with two attached hydrogens (primary N) is 1. The Hall–Kier alpha value is -0.908. The third kappa shape index (κ3) is 11.2. The van der Waals surface area contributed by atoms with Crippen LogP contribution in [-0.4, -0.2) is 54.1 Å². The summed E-state index contributed by atoms with van der Waals surface area (Å²) < 4.78 is 14.4. The van der Waals surface area contributed by atoms with E-state index in [1.807, 2.05) is 0 Å². The molecule has 1 saturated heterocycles. The molecule has 0 radical (unpaired) electrons. The molecular weight excluding hydrogens is 231 g/mol. The van der Waals surface area contributed by atoms with Crippen LogP contribution in [0.4, 0.5) is 0 Å². The van der Waals surface area contributed by atoms with E-state index in [1.54, 1.807) is 11.1 Å². The number of nitrogens with zero attached hydrogens (tertiary/aromatic N) is 1. The quantitative estimate of drug-likeness (QED) is 0.444. The molecule has 1 aliphatic rings. The van der Waals surface area contributed by atoms with Gasteiger partial charge in [0.2, 0.25) is 5.91 Å². The van der Waals surface area contributed by atoms with E-state index in [2.05, 4.69) is 12.3 Å². The van der Waals surface area contributed by atoms with Crippen molar-refractivity contribution in [1.29, 1.82) is 0 Å². The van der Waals surface area contributed by atoms with Crippen LogP contribution in [0.15, 0.2) is 12.8 Å². The summed E-state index contributed by atoms with van der Waals surface area (Å²) in [5.41, 5.74) is 4.51. The zero-order valence-electron chi connectivity index (χ0n) is 8.83. The Labute approximate surface area is 101 Å². The summed E-state index contributed by atoms with van der Waals surface area (Å²) in [7, 11) is 0. The van der Waals surface area contributed by atoms with Crippen molar-refractivity contribution in [2.75, 3.05) is 13.1 Å². The van der Waals surface area contributed by atoms with Crippen molar-refractivity contribution in [3.63, 3.8) is 0 Å². The molecule has 90 valence electrons. The van der Waals surface area contributed by atoms with Gasteiger partial charge in [-0.05, 0) is 12.6 Å². The number of carboxylic acid groups (broad SMARTS) is 1. The second-order valence-electron chi connectivity index (χ2n) is 2.56. The van der Waals surface area contributed by atoms with Gasteiger partial charge in [-0.15, -0.1) is 0 Å². The van der Waals surface area contributed by atoms with Crippen LogP contribution < -0.4 is 10.8 Å². The van der Waals surface area contributed by atoms with Crippen LogP contribution in [-0.2, 0) is 9.59 Å². The van der Waals surface area contributed by atoms with Crippen molar-refractivity contribution in [3.8, 4) is 0 Å². The van der Waals surface area contributed by atoms with Crippen molar-refractivity contribution in [1.82, 2.24) is 4.90 Å². The van der Waals surface area contributed by atoms with Crippen molar-refractivity contribution < 1.29 is 23.0 Å². The third-order valence-electron chi connectivity index (χ3n) is 1.50. The number of carbonyl (C=O) groups is 2. The molecule has 4 N–H and O–H groups in total. The molecule has 1 amide bonds.